The highest BCUT2D eigenvalue weighted by molar-refractivity contribution is 5.70. The van der Waals surface area contributed by atoms with Crippen molar-refractivity contribution < 1.29 is 24.2 Å². The molecule has 5 nitrogen and oxygen atoms in total. The Morgan fingerprint density at radius 2 is 0.554 bits per heavy atom. The van der Waals surface area contributed by atoms with E-state index in [1.807, 2.05) is 0 Å². The number of hydrogen-bond donors (Lipinski definition) is 1. The first kappa shape index (κ1) is 68.2. The molecule has 0 fully saturated rings. The van der Waals surface area contributed by atoms with Crippen LogP contribution in [-0.2, 0) is 19.1 Å². The number of rotatable bonds is 48. The third-order valence-electron chi connectivity index (χ3n) is 10.8. The topological polar surface area (TPSA) is 72.8 Å². The molecule has 0 saturated carbocycles. The van der Waals surface area contributed by atoms with Crippen LogP contribution in [0, 0.1) is 0 Å². The van der Waals surface area contributed by atoms with Crippen LogP contribution >= 0.6 is 0 Å². The third kappa shape index (κ3) is 58.8. The maximum Gasteiger partial charge on any atom is 0.306 e. The average Bonchev–Trinajstić information content (AvgIpc) is 3.40. The van der Waals surface area contributed by atoms with E-state index in [0.29, 0.717) is 6.42 Å². The lowest BCUT2D eigenvalue weighted by molar-refractivity contribution is -0.161. The zero-order chi connectivity index (χ0) is 53.4. The molecule has 0 amide bonds. The summed E-state index contributed by atoms with van der Waals surface area (Å²) >= 11 is 0. The predicted molar refractivity (Wildman–Crippen MR) is 324 cm³/mol. The number of esters is 2. The Labute approximate surface area is 452 Å². The highest BCUT2D eigenvalue weighted by Gasteiger charge is 2.16. The molecule has 0 radical (unpaired) electrons. The van der Waals surface area contributed by atoms with Gasteiger partial charge in [-0.1, -0.05) is 239 Å². The molecule has 0 spiro atoms. The first-order chi connectivity index (χ1) is 36.6. The lowest BCUT2D eigenvalue weighted by atomic mass is 10.1. The molecule has 0 aliphatic carbocycles. The summed E-state index contributed by atoms with van der Waals surface area (Å²) in [7, 11) is 0. The fourth-order valence-electron chi connectivity index (χ4n) is 6.60. The van der Waals surface area contributed by atoms with Gasteiger partial charge in [-0.15, -0.1) is 0 Å². The van der Waals surface area contributed by atoms with Crippen molar-refractivity contribution in [3.63, 3.8) is 0 Å². The Morgan fingerprint density at radius 1 is 0.311 bits per heavy atom. The fraction of sp³-hybridized carbons (Fsp3) is 0.449. The van der Waals surface area contributed by atoms with Crippen LogP contribution in [0.25, 0.3) is 0 Å². The quantitative estimate of drug-likeness (QED) is 0.0373. The highest BCUT2D eigenvalue weighted by atomic mass is 16.6. The molecular formula is C69H100O5. The molecule has 0 aliphatic heterocycles. The van der Waals surface area contributed by atoms with E-state index in [-0.39, 0.29) is 38.0 Å². The van der Waals surface area contributed by atoms with Crippen LogP contribution in [0.15, 0.2) is 219 Å². The van der Waals surface area contributed by atoms with Crippen LogP contribution in [0.2, 0.25) is 0 Å². The molecule has 5 heteroatoms. The molecule has 1 N–H and O–H groups in total. The number of allylic oxidation sites excluding steroid dienone is 36. The van der Waals surface area contributed by atoms with Crippen LogP contribution in [0.1, 0.15) is 181 Å². The van der Waals surface area contributed by atoms with Crippen LogP contribution in [0.3, 0.4) is 0 Å². The molecule has 0 bridgehead atoms. The molecule has 74 heavy (non-hydrogen) atoms. The van der Waals surface area contributed by atoms with Gasteiger partial charge < -0.3 is 14.6 Å². The minimum absolute atomic E-state index is 0.127. The minimum atomic E-state index is -0.834. The normalized spacial score (nSPS) is 13.9. The van der Waals surface area contributed by atoms with E-state index in [1.165, 1.54) is 0 Å². The molecule has 0 rings (SSSR count). The van der Waals surface area contributed by atoms with E-state index in [9.17, 15) is 14.7 Å². The number of aliphatic hydroxyl groups excluding tert-OH is 1. The third-order valence-corrected chi connectivity index (χ3v) is 10.8. The van der Waals surface area contributed by atoms with Gasteiger partial charge in [-0.25, -0.2) is 0 Å². The summed E-state index contributed by atoms with van der Waals surface area (Å²) in [5.74, 6) is -0.722. The van der Waals surface area contributed by atoms with Gasteiger partial charge in [0.25, 0.3) is 0 Å². The maximum absolute atomic E-state index is 12.3. The number of carbonyl (C=O) groups is 2. The number of hydrogen-bond acceptors (Lipinski definition) is 5. The molecule has 0 saturated heterocycles. The maximum atomic E-state index is 12.3. The average molecular weight is 1010 g/mol. The Balaban J connectivity index is 3.78. The van der Waals surface area contributed by atoms with Gasteiger partial charge in [0, 0.05) is 12.8 Å². The van der Waals surface area contributed by atoms with Crippen molar-refractivity contribution in [2.45, 2.75) is 187 Å². The number of unbranched alkanes of at least 4 members (excludes halogenated alkanes) is 4. The van der Waals surface area contributed by atoms with Gasteiger partial charge in [-0.2, -0.15) is 0 Å². The Morgan fingerprint density at radius 3 is 0.824 bits per heavy atom. The summed E-state index contributed by atoms with van der Waals surface area (Å²) < 4.78 is 10.6. The second-order valence-corrected chi connectivity index (χ2v) is 17.5. The van der Waals surface area contributed by atoms with E-state index in [4.69, 9.17) is 9.47 Å². The Kier molecular flexibility index (Phi) is 56.7. The molecule has 0 aromatic carbocycles. The lowest BCUT2D eigenvalue weighted by Crippen LogP contribution is -2.28. The largest absolute Gasteiger partial charge is 0.462 e. The monoisotopic (exact) mass is 1010 g/mol. The molecule has 0 aromatic rings. The van der Waals surface area contributed by atoms with Crippen molar-refractivity contribution in [1.29, 1.82) is 0 Å². The first-order valence-electron chi connectivity index (χ1n) is 28.3. The molecule has 0 aromatic heterocycles. The molecule has 1 atom stereocenters. The Hall–Kier alpha value is -5.78. The van der Waals surface area contributed by atoms with Crippen molar-refractivity contribution in [3.8, 4) is 0 Å². The predicted octanol–water partition coefficient (Wildman–Crippen LogP) is 19.6. The van der Waals surface area contributed by atoms with Gasteiger partial charge in [0.2, 0.25) is 0 Å². The van der Waals surface area contributed by atoms with Gasteiger partial charge in [0.05, 0.1) is 6.61 Å². The SMILES string of the molecule is CC/C=C\C/C=C\C/C=C\C/C=C\C/C=C\C/C=C\C/C=C\C/C=C\C/C=C\C/C=C\C/C=C\CCCCCC(=O)OC(CO)COC(=O)CCC/C=C\C/C=C\C/C=C\C/C=C\C/C=C\C/C=C\C/C=C\CC. The number of carbonyl (C=O) groups excluding carboxylic acids is 2. The molecule has 406 valence electrons. The fourth-order valence-corrected chi connectivity index (χ4v) is 6.60. The summed E-state index contributed by atoms with van der Waals surface area (Å²) in [5.41, 5.74) is 0. The van der Waals surface area contributed by atoms with Crippen LogP contribution in [0.5, 0.6) is 0 Å². The van der Waals surface area contributed by atoms with Crippen molar-refractivity contribution in [3.05, 3.63) is 219 Å². The van der Waals surface area contributed by atoms with Gasteiger partial charge >= 0.3 is 11.9 Å². The smallest absolute Gasteiger partial charge is 0.306 e. The minimum Gasteiger partial charge on any atom is -0.462 e. The summed E-state index contributed by atoms with van der Waals surface area (Å²) in [4.78, 5) is 24.5. The van der Waals surface area contributed by atoms with E-state index < -0.39 is 6.10 Å². The molecular weight excluding hydrogens is 909 g/mol. The molecule has 0 heterocycles. The lowest BCUT2D eigenvalue weighted by Gasteiger charge is -2.15. The Bertz CT molecular complexity index is 1860. The van der Waals surface area contributed by atoms with E-state index in [1.54, 1.807) is 0 Å². The standard InChI is InChI=1S/C69H100O5/c1-3-5-7-9-11-13-15-17-19-21-23-25-27-28-29-30-31-32-33-34-35-36-37-38-39-40-42-44-46-48-50-52-54-56-58-60-62-64-69(72)74-67(65-70)66-73-68(71)63-61-59-57-55-53-51-49-47-45-43-41-26-24-22-20-18-16-14-12-10-8-6-4-2/h5-8,11-14,17-20,23-26,28-29,31-32,34-35,37-38,40,42-43,45-46,48-49,51-52,54-55,57,67,70H,3-4,9-10,15-16,21-22,27,30,33,36,39,41,44,47,50,53,56,58-66H2,1-2H3/b7-5-,8-6-,13-11-,14-12-,19-17-,20-18-,25-23-,26-24-,29-28-,32-31-,35-34-,38-37-,42-40-,45-43-,48-46-,51-49-,54-52-,57-55-. The van der Waals surface area contributed by atoms with Crippen LogP contribution in [-0.4, -0.2) is 36.4 Å². The van der Waals surface area contributed by atoms with Gasteiger partial charge in [-0.3, -0.25) is 9.59 Å². The first-order valence-corrected chi connectivity index (χ1v) is 28.3. The van der Waals surface area contributed by atoms with Gasteiger partial charge in [0.1, 0.15) is 6.61 Å². The second-order valence-electron chi connectivity index (χ2n) is 17.5. The zero-order valence-corrected chi connectivity index (χ0v) is 46.2. The summed E-state index contributed by atoms with van der Waals surface area (Å²) in [6.07, 6.45) is 102. The second kappa shape index (κ2) is 61.5. The highest BCUT2D eigenvalue weighted by Crippen LogP contribution is 2.09. The van der Waals surface area contributed by atoms with E-state index in [2.05, 4.69) is 233 Å². The van der Waals surface area contributed by atoms with Crippen LogP contribution < -0.4 is 0 Å². The summed E-state index contributed by atoms with van der Waals surface area (Å²) in [5, 5.41) is 9.64. The summed E-state index contributed by atoms with van der Waals surface area (Å²) in [6.45, 7) is 3.81. The summed E-state index contributed by atoms with van der Waals surface area (Å²) in [6, 6.07) is 0. The molecule has 0 aliphatic rings. The van der Waals surface area contributed by atoms with Gasteiger partial charge in [-0.05, 0) is 148 Å². The van der Waals surface area contributed by atoms with Crippen LogP contribution in [0.4, 0.5) is 0 Å². The van der Waals surface area contributed by atoms with Crippen molar-refractivity contribution in [2.24, 2.45) is 0 Å². The number of aliphatic hydroxyl groups is 1. The number of ether oxygens (including phenoxy) is 2. The van der Waals surface area contributed by atoms with Gasteiger partial charge in [0.15, 0.2) is 6.10 Å². The van der Waals surface area contributed by atoms with Crippen molar-refractivity contribution >= 4 is 11.9 Å². The molecule has 1 unspecified atom stereocenters. The van der Waals surface area contributed by atoms with E-state index >= 15 is 0 Å². The zero-order valence-electron chi connectivity index (χ0n) is 46.2. The van der Waals surface area contributed by atoms with E-state index in [0.717, 1.165) is 148 Å². The van der Waals surface area contributed by atoms with Crippen molar-refractivity contribution in [1.82, 2.24) is 0 Å². The van der Waals surface area contributed by atoms with Crippen molar-refractivity contribution in [2.75, 3.05) is 13.2 Å².